The lowest BCUT2D eigenvalue weighted by molar-refractivity contribution is -0.125. The summed E-state index contributed by atoms with van der Waals surface area (Å²) in [4.78, 5) is 25.7. The van der Waals surface area contributed by atoms with E-state index in [1.54, 1.807) is 18.5 Å². The summed E-state index contributed by atoms with van der Waals surface area (Å²) in [5.74, 6) is 0.752. The molecule has 7 heteroatoms. The molecule has 4 rings (SSSR count). The van der Waals surface area contributed by atoms with Crippen molar-refractivity contribution in [2.24, 2.45) is 5.92 Å². The SMILES string of the molecule is CN(CCCNC(=O)C1CCN(c2cc(-c3ccc(F)cc3)ncn2)CC1)c1ccccc1. The van der Waals surface area contributed by atoms with Crippen LogP contribution in [0.2, 0.25) is 0 Å². The van der Waals surface area contributed by atoms with Crippen LogP contribution in [-0.4, -0.2) is 49.1 Å². The molecule has 1 aromatic heterocycles. The molecule has 172 valence electrons. The lowest BCUT2D eigenvalue weighted by Gasteiger charge is -2.32. The Morgan fingerprint density at radius 3 is 2.55 bits per heavy atom. The van der Waals surface area contributed by atoms with Gasteiger partial charge in [0.1, 0.15) is 18.0 Å². The van der Waals surface area contributed by atoms with Crippen LogP contribution in [0.15, 0.2) is 67.0 Å². The van der Waals surface area contributed by atoms with Gasteiger partial charge in [-0.25, -0.2) is 14.4 Å². The molecule has 33 heavy (non-hydrogen) atoms. The second-order valence-corrected chi connectivity index (χ2v) is 8.43. The molecule has 0 spiro atoms. The zero-order chi connectivity index (χ0) is 23.0. The smallest absolute Gasteiger partial charge is 0.223 e. The molecule has 0 bridgehead atoms. The number of amides is 1. The van der Waals surface area contributed by atoms with Gasteiger partial charge in [0.15, 0.2) is 0 Å². The number of rotatable bonds is 8. The van der Waals surface area contributed by atoms with Crippen molar-refractivity contribution in [3.63, 3.8) is 0 Å². The highest BCUT2D eigenvalue weighted by Gasteiger charge is 2.25. The highest BCUT2D eigenvalue weighted by Crippen LogP contribution is 2.25. The van der Waals surface area contributed by atoms with Gasteiger partial charge < -0.3 is 15.1 Å². The van der Waals surface area contributed by atoms with Crippen LogP contribution >= 0.6 is 0 Å². The van der Waals surface area contributed by atoms with Crippen LogP contribution in [0.25, 0.3) is 11.3 Å². The fourth-order valence-electron chi connectivity index (χ4n) is 4.15. The molecule has 6 nitrogen and oxygen atoms in total. The molecular weight excluding hydrogens is 417 g/mol. The standard InChI is InChI=1S/C26H30FN5O/c1-31(23-6-3-2-4-7-23)15-5-14-28-26(33)21-12-16-32(17-13-21)25-18-24(29-19-30-25)20-8-10-22(27)11-9-20/h2-4,6-11,18-19,21H,5,12-17H2,1H3,(H,28,33). The summed E-state index contributed by atoms with van der Waals surface area (Å²) < 4.78 is 13.2. The molecule has 0 saturated carbocycles. The molecule has 1 aliphatic rings. The Hall–Kier alpha value is -3.48. The molecule has 3 aromatic rings. The van der Waals surface area contributed by atoms with Crippen LogP contribution in [-0.2, 0) is 4.79 Å². The molecule has 1 saturated heterocycles. The van der Waals surface area contributed by atoms with E-state index in [0.717, 1.165) is 56.0 Å². The number of benzene rings is 2. The van der Waals surface area contributed by atoms with Crippen molar-refractivity contribution in [2.45, 2.75) is 19.3 Å². The maximum absolute atomic E-state index is 13.2. The summed E-state index contributed by atoms with van der Waals surface area (Å²) in [5, 5.41) is 3.11. The molecule has 0 atom stereocenters. The Bertz CT molecular complexity index is 1040. The second kappa shape index (κ2) is 10.9. The third-order valence-electron chi connectivity index (χ3n) is 6.15. The first-order chi connectivity index (χ1) is 16.1. The normalized spacial score (nSPS) is 14.2. The van der Waals surface area contributed by atoms with Gasteiger partial charge in [0.05, 0.1) is 5.69 Å². The van der Waals surface area contributed by atoms with Crippen LogP contribution in [0.5, 0.6) is 0 Å². The van der Waals surface area contributed by atoms with Crippen molar-refractivity contribution in [2.75, 3.05) is 43.0 Å². The van der Waals surface area contributed by atoms with Crippen molar-refractivity contribution in [3.05, 3.63) is 72.8 Å². The Labute approximate surface area is 194 Å². The third kappa shape index (κ3) is 6.06. The molecule has 0 unspecified atom stereocenters. The zero-order valence-corrected chi connectivity index (χ0v) is 19.0. The van der Waals surface area contributed by atoms with Gasteiger partial charge in [0, 0.05) is 56.5 Å². The summed E-state index contributed by atoms with van der Waals surface area (Å²) in [6, 6.07) is 18.5. The summed E-state index contributed by atoms with van der Waals surface area (Å²) in [5.41, 5.74) is 2.80. The summed E-state index contributed by atoms with van der Waals surface area (Å²) in [7, 11) is 2.07. The first-order valence-electron chi connectivity index (χ1n) is 11.5. The average molecular weight is 448 g/mol. The number of carbonyl (C=O) groups excluding carboxylic acids is 1. The fourth-order valence-corrected chi connectivity index (χ4v) is 4.15. The van der Waals surface area contributed by atoms with Gasteiger partial charge in [0.25, 0.3) is 0 Å². The summed E-state index contributed by atoms with van der Waals surface area (Å²) >= 11 is 0. The Morgan fingerprint density at radius 1 is 1.09 bits per heavy atom. The van der Waals surface area contributed by atoms with E-state index < -0.39 is 0 Å². The predicted molar refractivity (Wildman–Crippen MR) is 130 cm³/mol. The van der Waals surface area contributed by atoms with Gasteiger partial charge in [-0.15, -0.1) is 0 Å². The van der Waals surface area contributed by atoms with E-state index in [2.05, 4.69) is 44.3 Å². The zero-order valence-electron chi connectivity index (χ0n) is 19.0. The quantitative estimate of drug-likeness (QED) is 0.526. The Kier molecular flexibility index (Phi) is 7.50. The van der Waals surface area contributed by atoms with Crippen molar-refractivity contribution >= 4 is 17.4 Å². The Balaban J connectivity index is 1.22. The number of piperidine rings is 1. The molecule has 2 heterocycles. The number of aromatic nitrogens is 2. The number of nitrogens with zero attached hydrogens (tertiary/aromatic N) is 4. The molecule has 1 N–H and O–H groups in total. The maximum atomic E-state index is 13.2. The predicted octanol–water partition coefficient (Wildman–Crippen LogP) is 4.14. The molecule has 0 radical (unpaired) electrons. The fraction of sp³-hybridized carbons (Fsp3) is 0.346. The van der Waals surface area contributed by atoms with E-state index in [0.29, 0.717) is 6.54 Å². The number of halogens is 1. The molecular formula is C26H30FN5O. The second-order valence-electron chi connectivity index (χ2n) is 8.43. The lowest BCUT2D eigenvalue weighted by Crippen LogP contribution is -2.41. The number of hydrogen-bond acceptors (Lipinski definition) is 5. The monoisotopic (exact) mass is 447 g/mol. The van der Waals surface area contributed by atoms with Crippen molar-refractivity contribution in [3.8, 4) is 11.3 Å². The number of anilines is 2. The maximum Gasteiger partial charge on any atom is 0.223 e. The Morgan fingerprint density at radius 2 is 1.82 bits per heavy atom. The molecule has 1 aliphatic heterocycles. The minimum atomic E-state index is -0.267. The van der Waals surface area contributed by atoms with E-state index in [1.165, 1.54) is 17.8 Å². The average Bonchev–Trinajstić information content (AvgIpc) is 2.87. The lowest BCUT2D eigenvalue weighted by atomic mass is 9.96. The van der Waals surface area contributed by atoms with E-state index in [-0.39, 0.29) is 17.6 Å². The van der Waals surface area contributed by atoms with Gasteiger partial charge >= 0.3 is 0 Å². The first kappa shape index (κ1) is 22.7. The minimum absolute atomic E-state index is 0.0338. The first-order valence-corrected chi connectivity index (χ1v) is 11.5. The van der Waals surface area contributed by atoms with Crippen molar-refractivity contribution < 1.29 is 9.18 Å². The number of para-hydroxylation sites is 1. The van der Waals surface area contributed by atoms with E-state index >= 15 is 0 Å². The minimum Gasteiger partial charge on any atom is -0.375 e. The molecule has 1 fully saturated rings. The number of hydrogen-bond donors (Lipinski definition) is 1. The molecule has 0 aliphatic carbocycles. The van der Waals surface area contributed by atoms with Crippen molar-refractivity contribution in [1.82, 2.24) is 15.3 Å². The van der Waals surface area contributed by atoms with E-state index in [9.17, 15) is 9.18 Å². The highest BCUT2D eigenvalue weighted by atomic mass is 19.1. The van der Waals surface area contributed by atoms with E-state index in [4.69, 9.17) is 0 Å². The number of nitrogens with one attached hydrogen (secondary N) is 1. The van der Waals surface area contributed by atoms with Gasteiger partial charge in [-0.2, -0.15) is 0 Å². The van der Waals surface area contributed by atoms with Crippen LogP contribution in [0.3, 0.4) is 0 Å². The summed E-state index contributed by atoms with van der Waals surface area (Å²) in [6.07, 6.45) is 4.04. The van der Waals surface area contributed by atoms with E-state index in [1.807, 2.05) is 24.3 Å². The van der Waals surface area contributed by atoms with Gasteiger partial charge in [0.2, 0.25) is 5.91 Å². The topological polar surface area (TPSA) is 61.4 Å². The van der Waals surface area contributed by atoms with Gasteiger partial charge in [-0.05, 0) is 55.7 Å². The molecule has 2 aromatic carbocycles. The van der Waals surface area contributed by atoms with Gasteiger partial charge in [-0.1, -0.05) is 18.2 Å². The van der Waals surface area contributed by atoms with Crippen LogP contribution in [0.4, 0.5) is 15.9 Å². The number of carbonyl (C=O) groups is 1. The molecule has 1 amide bonds. The third-order valence-corrected chi connectivity index (χ3v) is 6.15. The van der Waals surface area contributed by atoms with Crippen molar-refractivity contribution in [1.29, 1.82) is 0 Å². The summed E-state index contributed by atoms with van der Waals surface area (Å²) in [6.45, 7) is 3.12. The van der Waals surface area contributed by atoms with Gasteiger partial charge in [-0.3, -0.25) is 4.79 Å². The van der Waals surface area contributed by atoms with Crippen LogP contribution in [0.1, 0.15) is 19.3 Å². The highest BCUT2D eigenvalue weighted by molar-refractivity contribution is 5.79. The largest absolute Gasteiger partial charge is 0.375 e. The van der Waals surface area contributed by atoms with Crippen LogP contribution < -0.4 is 15.1 Å². The van der Waals surface area contributed by atoms with Crippen LogP contribution in [0, 0.1) is 11.7 Å².